The standard InChI is InChI=1S/C36H28N2O2/c1-35(23-13-5-3-6-14-23)27-17-9-11-19-29(27)37-31(35)21-25-33(39)26(34(25)40)22-32-36(2,24-15-7-4-8-16-24)28-18-10-12-20-30(28)38-32/h3-22,37,39H,1-2H3/b26-22+,31-21-. The number of aliphatic hydroxyl groups is 1. The lowest BCUT2D eigenvalue weighted by Crippen LogP contribution is -2.32. The minimum Gasteiger partial charge on any atom is -0.506 e. The van der Waals surface area contributed by atoms with Crippen molar-refractivity contribution in [3.63, 3.8) is 0 Å². The largest absolute Gasteiger partial charge is 0.506 e. The molecule has 1 aliphatic carbocycles. The Balaban J connectivity index is 1.31. The summed E-state index contributed by atoms with van der Waals surface area (Å²) < 4.78 is 0. The number of carbonyl (C=O) groups is 1. The van der Waals surface area contributed by atoms with E-state index in [1.54, 1.807) is 6.08 Å². The van der Waals surface area contributed by atoms with E-state index in [1.165, 1.54) is 0 Å². The van der Waals surface area contributed by atoms with Crippen LogP contribution in [0.3, 0.4) is 0 Å². The first-order chi connectivity index (χ1) is 19.4. The Morgan fingerprint density at radius 2 is 1.27 bits per heavy atom. The average molecular weight is 521 g/mol. The van der Waals surface area contributed by atoms with Crippen molar-refractivity contribution >= 4 is 22.9 Å². The van der Waals surface area contributed by atoms with E-state index in [0.29, 0.717) is 5.57 Å². The van der Waals surface area contributed by atoms with E-state index in [-0.39, 0.29) is 17.1 Å². The second kappa shape index (κ2) is 8.78. The van der Waals surface area contributed by atoms with Crippen molar-refractivity contribution in [3.8, 4) is 0 Å². The first kappa shape index (κ1) is 24.1. The van der Waals surface area contributed by atoms with Crippen molar-refractivity contribution in [2.45, 2.75) is 24.7 Å². The first-order valence-electron chi connectivity index (χ1n) is 13.5. The number of hydrogen-bond donors (Lipinski definition) is 2. The number of anilines is 1. The maximum absolute atomic E-state index is 13.6. The van der Waals surface area contributed by atoms with Crippen LogP contribution < -0.4 is 5.32 Å². The molecular formula is C36H28N2O2. The molecule has 0 saturated carbocycles. The van der Waals surface area contributed by atoms with E-state index in [9.17, 15) is 9.90 Å². The molecule has 0 amide bonds. The van der Waals surface area contributed by atoms with Gasteiger partial charge in [0.25, 0.3) is 0 Å². The van der Waals surface area contributed by atoms with Crippen molar-refractivity contribution in [3.05, 3.63) is 166 Å². The van der Waals surface area contributed by atoms with Crippen LogP contribution in [0.4, 0.5) is 11.4 Å². The number of aliphatic hydroxyl groups excluding tert-OH is 1. The van der Waals surface area contributed by atoms with E-state index in [0.717, 1.165) is 45.0 Å². The van der Waals surface area contributed by atoms with Gasteiger partial charge in [0.15, 0.2) is 0 Å². The van der Waals surface area contributed by atoms with Gasteiger partial charge in [0.2, 0.25) is 5.78 Å². The van der Waals surface area contributed by atoms with Crippen LogP contribution in [0.1, 0.15) is 36.1 Å². The van der Waals surface area contributed by atoms with Gasteiger partial charge >= 0.3 is 0 Å². The molecule has 2 heterocycles. The monoisotopic (exact) mass is 520 g/mol. The van der Waals surface area contributed by atoms with Gasteiger partial charge in [0, 0.05) is 11.4 Å². The summed E-state index contributed by atoms with van der Waals surface area (Å²) in [6.45, 7) is 4.28. The van der Waals surface area contributed by atoms with Crippen LogP contribution >= 0.6 is 0 Å². The van der Waals surface area contributed by atoms with Gasteiger partial charge in [0.05, 0.1) is 33.4 Å². The van der Waals surface area contributed by atoms with E-state index in [4.69, 9.17) is 4.99 Å². The molecular weight excluding hydrogens is 492 g/mol. The Hall–Kier alpha value is -4.96. The number of rotatable bonds is 4. The van der Waals surface area contributed by atoms with Crippen molar-refractivity contribution in [2.24, 2.45) is 4.99 Å². The molecule has 7 rings (SSSR count). The zero-order valence-electron chi connectivity index (χ0n) is 22.3. The number of para-hydroxylation sites is 2. The number of nitrogens with one attached hydrogen (secondary N) is 1. The van der Waals surface area contributed by atoms with Gasteiger partial charge in [-0.25, -0.2) is 0 Å². The van der Waals surface area contributed by atoms with Crippen molar-refractivity contribution in [1.82, 2.24) is 0 Å². The minimum absolute atomic E-state index is 0.000245. The summed E-state index contributed by atoms with van der Waals surface area (Å²) in [4.78, 5) is 18.5. The highest BCUT2D eigenvalue weighted by Gasteiger charge is 2.44. The van der Waals surface area contributed by atoms with Crippen molar-refractivity contribution in [2.75, 3.05) is 5.32 Å². The Labute approximate surface area is 233 Å². The highest BCUT2D eigenvalue weighted by molar-refractivity contribution is 6.25. The molecule has 0 radical (unpaired) electrons. The van der Waals surface area contributed by atoms with Crippen LogP contribution in [-0.4, -0.2) is 16.6 Å². The SMILES string of the molecule is CC1(c2ccccc2)C(/C=C2/C(=O)C(/C=C3\Nc4ccccc4C3(C)c3ccccc3)=C2O)=Nc2ccccc21. The van der Waals surface area contributed by atoms with Gasteiger partial charge in [0.1, 0.15) is 5.76 Å². The van der Waals surface area contributed by atoms with E-state index < -0.39 is 10.8 Å². The number of nitrogens with zero attached hydrogens (tertiary/aromatic N) is 1. The molecule has 2 atom stereocenters. The first-order valence-corrected chi connectivity index (χ1v) is 13.5. The van der Waals surface area contributed by atoms with Crippen LogP contribution in [0.15, 0.2) is 149 Å². The molecule has 2 N–H and O–H groups in total. The Bertz CT molecular complexity index is 1810. The second-order valence-electron chi connectivity index (χ2n) is 10.9. The van der Waals surface area contributed by atoms with Crippen LogP contribution in [0.2, 0.25) is 0 Å². The third-order valence-corrected chi connectivity index (χ3v) is 8.74. The fourth-order valence-corrected chi connectivity index (χ4v) is 6.32. The van der Waals surface area contributed by atoms with Gasteiger partial charge in [-0.1, -0.05) is 97.1 Å². The van der Waals surface area contributed by atoms with Crippen LogP contribution in [0.25, 0.3) is 0 Å². The average Bonchev–Trinajstić information content (AvgIpc) is 3.47. The molecule has 2 unspecified atom stereocenters. The molecule has 3 aliphatic rings. The van der Waals surface area contributed by atoms with Crippen molar-refractivity contribution < 1.29 is 9.90 Å². The number of benzene rings is 4. The number of ketones is 1. The van der Waals surface area contributed by atoms with Crippen molar-refractivity contribution in [1.29, 1.82) is 0 Å². The number of Topliss-reactive ketones (excluding diaryl/α,β-unsaturated/α-hetero) is 1. The zero-order valence-corrected chi connectivity index (χ0v) is 22.3. The van der Waals surface area contributed by atoms with Gasteiger partial charge in [-0.2, -0.15) is 0 Å². The van der Waals surface area contributed by atoms with Gasteiger partial charge in [-0.05, 0) is 60.4 Å². The zero-order chi connectivity index (χ0) is 27.5. The Morgan fingerprint density at radius 1 is 0.700 bits per heavy atom. The summed E-state index contributed by atoms with van der Waals surface area (Å²) in [7, 11) is 0. The van der Waals surface area contributed by atoms with E-state index in [2.05, 4.69) is 55.6 Å². The van der Waals surface area contributed by atoms with Crippen LogP contribution in [0.5, 0.6) is 0 Å². The van der Waals surface area contributed by atoms with Gasteiger partial charge in [-0.15, -0.1) is 0 Å². The molecule has 4 heteroatoms. The number of carbonyl (C=O) groups excluding carboxylic acids is 1. The predicted octanol–water partition coefficient (Wildman–Crippen LogP) is 7.72. The molecule has 0 saturated heterocycles. The molecule has 4 nitrogen and oxygen atoms in total. The smallest absolute Gasteiger partial charge is 0.200 e. The third-order valence-electron chi connectivity index (χ3n) is 8.74. The molecule has 0 bridgehead atoms. The molecule has 0 spiro atoms. The van der Waals surface area contributed by atoms with Gasteiger partial charge in [-0.3, -0.25) is 9.79 Å². The molecule has 194 valence electrons. The Morgan fingerprint density at radius 3 is 1.95 bits per heavy atom. The lowest BCUT2D eigenvalue weighted by molar-refractivity contribution is -0.113. The summed E-state index contributed by atoms with van der Waals surface area (Å²) in [6.07, 6.45) is 3.57. The summed E-state index contributed by atoms with van der Waals surface area (Å²) in [6, 6.07) is 36.6. The predicted molar refractivity (Wildman–Crippen MR) is 160 cm³/mol. The summed E-state index contributed by atoms with van der Waals surface area (Å²) in [5.41, 5.74) is 7.44. The lowest BCUT2D eigenvalue weighted by Gasteiger charge is -2.30. The third kappa shape index (κ3) is 3.32. The van der Waals surface area contributed by atoms with E-state index >= 15 is 0 Å². The number of aliphatic imine (C=N–C) groups is 1. The maximum atomic E-state index is 13.6. The quantitative estimate of drug-likeness (QED) is 0.271. The highest BCUT2D eigenvalue weighted by Crippen LogP contribution is 2.50. The normalized spacial score (nSPS) is 24.9. The highest BCUT2D eigenvalue weighted by atomic mass is 16.3. The summed E-state index contributed by atoms with van der Waals surface area (Å²) in [5.74, 6) is -0.188. The Kier molecular flexibility index (Phi) is 5.29. The fraction of sp³-hybridized carbons (Fsp3) is 0.111. The number of hydrogen-bond acceptors (Lipinski definition) is 4. The van der Waals surface area contributed by atoms with Crippen LogP contribution in [0, 0.1) is 0 Å². The molecule has 4 aromatic carbocycles. The number of fused-ring (bicyclic) bond motifs is 2. The molecule has 40 heavy (non-hydrogen) atoms. The fourth-order valence-electron chi connectivity index (χ4n) is 6.32. The number of allylic oxidation sites excluding steroid dienone is 5. The molecule has 4 aromatic rings. The van der Waals surface area contributed by atoms with Gasteiger partial charge < -0.3 is 10.4 Å². The topological polar surface area (TPSA) is 61.7 Å². The van der Waals surface area contributed by atoms with Crippen LogP contribution in [-0.2, 0) is 15.6 Å². The second-order valence-corrected chi connectivity index (χ2v) is 10.9. The van der Waals surface area contributed by atoms with E-state index in [1.807, 2.05) is 78.9 Å². The summed E-state index contributed by atoms with van der Waals surface area (Å²) in [5, 5.41) is 14.8. The molecule has 2 aliphatic heterocycles. The lowest BCUT2D eigenvalue weighted by atomic mass is 9.72. The maximum Gasteiger partial charge on any atom is 0.200 e. The summed E-state index contributed by atoms with van der Waals surface area (Å²) >= 11 is 0. The molecule has 0 fully saturated rings. The molecule has 0 aromatic heterocycles. The minimum atomic E-state index is -0.542.